The van der Waals surface area contributed by atoms with Crippen LogP contribution < -0.4 is 9.80 Å². The van der Waals surface area contributed by atoms with Crippen LogP contribution in [0.3, 0.4) is 0 Å². The highest BCUT2D eigenvalue weighted by Gasteiger charge is 2.38. The van der Waals surface area contributed by atoms with Crippen molar-refractivity contribution in [3.63, 3.8) is 0 Å². The number of aromatic nitrogens is 1. The van der Waals surface area contributed by atoms with Crippen LogP contribution in [0.25, 0.3) is 54.2 Å². The molecule has 56 heavy (non-hydrogen) atoms. The molecule has 266 valence electrons. The summed E-state index contributed by atoms with van der Waals surface area (Å²) in [5.41, 5.74) is 9.99. The lowest BCUT2D eigenvalue weighted by molar-refractivity contribution is 0.628. The molecule has 1 aliphatic rings. The lowest BCUT2D eigenvalue weighted by Gasteiger charge is -2.30. The third-order valence-electron chi connectivity index (χ3n) is 11.9. The second-order valence-electron chi connectivity index (χ2n) is 15.3. The van der Waals surface area contributed by atoms with E-state index < -0.39 is 0 Å². The fourth-order valence-electron chi connectivity index (χ4n) is 9.28. The Morgan fingerprint density at radius 3 is 1.80 bits per heavy atom. The van der Waals surface area contributed by atoms with E-state index in [9.17, 15) is 4.39 Å². The van der Waals surface area contributed by atoms with Crippen molar-refractivity contribution >= 4 is 77.3 Å². The molecule has 0 atom stereocenters. The van der Waals surface area contributed by atoms with Crippen molar-refractivity contribution in [1.82, 2.24) is 4.98 Å². The lowest BCUT2D eigenvalue weighted by atomic mass is 9.82. The number of rotatable bonds is 6. The summed E-state index contributed by atoms with van der Waals surface area (Å²) in [6.45, 7) is 4.62. The summed E-state index contributed by atoms with van der Waals surface area (Å²) in [4.78, 5) is 9.49. The van der Waals surface area contributed by atoms with E-state index in [0.717, 1.165) is 50.4 Å². The fraction of sp³-hybridized carbons (Fsp3) is 0.0577. The third kappa shape index (κ3) is 4.79. The van der Waals surface area contributed by atoms with E-state index in [1.54, 1.807) is 12.1 Å². The number of halogens is 1. The first-order chi connectivity index (χ1) is 27.5. The topological polar surface area (TPSA) is 19.4 Å². The highest BCUT2D eigenvalue weighted by atomic mass is 19.1. The summed E-state index contributed by atoms with van der Waals surface area (Å²) in [6, 6.07) is 61.4. The van der Waals surface area contributed by atoms with Gasteiger partial charge in [0.2, 0.25) is 0 Å². The van der Waals surface area contributed by atoms with Crippen LogP contribution >= 0.6 is 0 Å². The zero-order chi connectivity index (χ0) is 37.5. The van der Waals surface area contributed by atoms with Gasteiger partial charge in [-0.1, -0.05) is 123 Å². The molecule has 1 heterocycles. The minimum absolute atomic E-state index is 0.167. The molecule has 10 aromatic rings. The van der Waals surface area contributed by atoms with Gasteiger partial charge in [0.15, 0.2) is 0 Å². The molecule has 1 aromatic heterocycles. The normalized spacial score (nSPS) is 13.1. The number of pyridine rings is 1. The number of nitrogens with zero attached hydrogens (tertiary/aromatic N) is 3. The monoisotopic (exact) mass is 721 g/mol. The van der Waals surface area contributed by atoms with Gasteiger partial charge >= 0.3 is 0 Å². The van der Waals surface area contributed by atoms with E-state index in [4.69, 9.17) is 4.98 Å². The first-order valence-corrected chi connectivity index (χ1v) is 19.2. The Morgan fingerprint density at radius 2 is 1.07 bits per heavy atom. The molecule has 0 aliphatic heterocycles. The van der Waals surface area contributed by atoms with Crippen molar-refractivity contribution < 1.29 is 4.39 Å². The van der Waals surface area contributed by atoms with Crippen LogP contribution in [0.15, 0.2) is 182 Å². The Balaban J connectivity index is 1.18. The average molecular weight is 722 g/mol. The van der Waals surface area contributed by atoms with Gasteiger partial charge in [-0.25, -0.2) is 9.37 Å². The number of fused-ring (bicyclic) bond motifs is 4. The maximum absolute atomic E-state index is 14.6. The smallest absolute Gasteiger partial charge is 0.137 e. The predicted octanol–water partition coefficient (Wildman–Crippen LogP) is 14.5. The molecule has 0 amide bonds. The molecule has 1 aliphatic carbocycles. The first-order valence-electron chi connectivity index (χ1n) is 19.2. The standard InChI is InChI=1S/C52H36FN3/c1-52(2)43-13-6-5-12-40(43)51-44(52)14-9-15-47(51)55(38-25-22-37(53)23-26-38)45-29-20-34-19-28-42-46(30-21-35-18-27-41(45)49(34)50(35)42)56(48-16-7-8-31-54-48)39-24-17-33-10-3-4-11-36(33)32-39/h3-32H,1-2H3. The average Bonchev–Trinajstić information content (AvgIpc) is 3.48. The molecule has 3 nitrogen and oxygen atoms in total. The van der Waals surface area contributed by atoms with Gasteiger partial charge in [-0.3, -0.25) is 4.90 Å². The van der Waals surface area contributed by atoms with E-state index in [1.165, 1.54) is 49.2 Å². The molecule has 0 unspecified atom stereocenters. The van der Waals surface area contributed by atoms with Gasteiger partial charge in [0.05, 0.1) is 17.1 Å². The van der Waals surface area contributed by atoms with Crippen LogP contribution in [0.5, 0.6) is 0 Å². The summed E-state index contributed by atoms with van der Waals surface area (Å²) in [5, 5.41) is 9.36. The molecule has 9 aromatic carbocycles. The minimum atomic E-state index is -0.259. The molecule has 11 rings (SSSR count). The second-order valence-corrected chi connectivity index (χ2v) is 15.3. The van der Waals surface area contributed by atoms with Gasteiger partial charge in [-0.2, -0.15) is 0 Å². The van der Waals surface area contributed by atoms with Gasteiger partial charge in [0, 0.05) is 39.3 Å². The second kappa shape index (κ2) is 12.2. The Morgan fingerprint density at radius 1 is 0.464 bits per heavy atom. The number of benzene rings is 9. The first kappa shape index (κ1) is 32.4. The summed E-state index contributed by atoms with van der Waals surface area (Å²) in [5.74, 6) is 0.590. The van der Waals surface area contributed by atoms with Gasteiger partial charge in [-0.15, -0.1) is 0 Å². The van der Waals surface area contributed by atoms with Crippen LogP contribution in [-0.2, 0) is 5.41 Å². The highest BCUT2D eigenvalue weighted by Crippen LogP contribution is 2.55. The fourth-order valence-corrected chi connectivity index (χ4v) is 9.28. The molecule has 0 N–H and O–H groups in total. The van der Waals surface area contributed by atoms with Crippen molar-refractivity contribution in [1.29, 1.82) is 0 Å². The van der Waals surface area contributed by atoms with Gasteiger partial charge in [-0.05, 0) is 116 Å². The SMILES string of the molecule is CC1(C)c2ccccc2-c2c(N(c3ccc(F)cc3)c3ccc4ccc5c(N(c6ccc7ccccc7c6)c6ccccn6)ccc6ccc3c4c65)cccc21. The molecule has 0 saturated heterocycles. The van der Waals surface area contributed by atoms with Gasteiger partial charge in [0.1, 0.15) is 11.6 Å². The van der Waals surface area contributed by atoms with Gasteiger partial charge < -0.3 is 4.90 Å². The molecular formula is C52H36FN3. The summed E-state index contributed by atoms with van der Waals surface area (Å²) >= 11 is 0. The molecular weight excluding hydrogens is 686 g/mol. The molecule has 0 bridgehead atoms. The van der Waals surface area contributed by atoms with E-state index in [1.807, 2.05) is 30.5 Å². The van der Waals surface area contributed by atoms with E-state index >= 15 is 0 Å². The minimum Gasteiger partial charge on any atom is -0.309 e. The Kier molecular flexibility index (Phi) is 7.08. The largest absolute Gasteiger partial charge is 0.309 e. The Labute approximate surface area is 324 Å². The molecule has 0 spiro atoms. The number of hydrogen-bond donors (Lipinski definition) is 0. The van der Waals surface area contributed by atoms with Crippen LogP contribution in [0.4, 0.5) is 38.6 Å². The van der Waals surface area contributed by atoms with Gasteiger partial charge in [0.25, 0.3) is 0 Å². The molecule has 4 heteroatoms. The zero-order valence-corrected chi connectivity index (χ0v) is 31.0. The molecule has 0 saturated carbocycles. The number of hydrogen-bond acceptors (Lipinski definition) is 3. The van der Waals surface area contributed by atoms with Crippen molar-refractivity contribution in [3.05, 3.63) is 199 Å². The van der Waals surface area contributed by atoms with Crippen molar-refractivity contribution in [3.8, 4) is 11.1 Å². The Hall–Kier alpha value is -7.04. The highest BCUT2D eigenvalue weighted by molar-refractivity contribution is 6.28. The zero-order valence-electron chi connectivity index (χ0n) is 31.0. The maximum Gasteiger partial charge on any atom is 0.137 e. The van der Waals surface area contributed by atoms with Crippen molar-refractivity contribution in [2.24, 2.45) is 0 Å². The summed E-state index contributed by atoms with van der Waals surface area (Å²) in [7, 11) is 0. The van der Waals surface area contributed by atoms with Crippen LogP contribution in [-0.4, -0.2) is 4.98 Å². The Bertz CT molecular complexity index is 3130. The van der Waals surface area contributed by atoms with Crippen molar-refractivity contribution in [2.45, 2.75) is 19.3 Å². The van der Waals surface area contributed by atoms with Crippen LogP contribution in [0.1, 0.15) is 25.0 Å². The van der Waals surface area contributed by atoms with Crippen LogP contribution in [0, 0.1) is 5.82 Å². The summed E-state index contributed by atoms with van der Waals surface area (Å²) < 4.78 is 14.6. The molecule has 0 radical (unpaired) electrons. The van der Waals surface area contributed by atoms with E-state index in [0.29, 0.717) is 0 Å². The van der Waals surface area contributed by atoms with Crippen LogP contribution in [0.2, 0.25) is 0 Å². The predicted molar refractivity (Wildman–Crippen MR) is 232 cm³/mol. The summed E-state index contributed by atoms with van der Waals surface area (Å²) in [6.07, 6.45) is 1.86. The maximum atomic E-state index is 14.6. The third-order valence-corrected chi connectivity index (χ3v) is 11.9. The lowest BCUT2D eigenvalue weighted by Crippen LogP contribution is -2.16. The van der Waals surface area contributed by atoms with E-state index in [2.05, 4.69) is 163 Å². The number of anilines is 6. The van der Waals surface area contributed by atoms with Crippen molar-refractivity contribution in [2.75, 3.05) is 9.80 Å². The van der Waals surface area contributed by atoms with E-state index in [-0.39, 0.29) is 11.2 Å². The quantitative estimate of drug-likeness (QED) is 0.159. The molecule has 0 fully saturated rings.